The topological polar surface area (TPSA) is 72.2 Å². The minimum absolute atomic E-state index is 0.138. The lowest BCUT2D eigenvalue weighted by Crippen LogP contribution is -2.20. The second kappa shape index (κ2) is 6.99. The Morgan fingerprint density at radius 2 is 1.80 bits per heavy atom. The van der Waals surface area contributed by atoms with Crippen LogP contribution < -0.4 is 5.32 Å². The highest BCUT2D eigenvalue weighted by atomic mass is 32.2. The van der Waals surface area contributed by atoms with Crippen molar-refractivity contribution < 1.29 is 26.7 Å². The van der Waals surface area contributed by atoms with E-state index in [0.717, 1.165) is 24.3 Å². The van der Waals surface area contributed by atoms with Gasteiger partial charge in [0.05, 0.1) is 16.4 Å². The third-order valence-corrected chi connectivity index (χ3v) is 4.55. The molecule has 2 aromatic rings. The number of hydrogen-bond acceptors (Lipinski definition) is 4. The summed E-state index contributed by atoms with van der Waals surface area (Å²) in [6.45, 7) is 5.75. The number of alkyl halides is 3. The van der Waals surface area contributed by atoms with Crippen molar-refractivity contribution in [3.63, 3.8) is 0 Å². The Morgan fingerprint density at radius 3 is 2.28 bits per heavy atom. The summed E-state index contributed by atoms with van der Waals surface area (Å²) in [5, 5.41) is 6.16. The van der Waals surface area contributed by atoms with Crippen LogP contribution in [0.1, 0.15) is 32.1 Å². The van der Waals surface area contributed by atoms with Crippen molar-refractivity contribution in [3.05, 3.63) is 41.7 Å². The number of carbonyl (C=O) groups is 1. The van der Waals surface area contributed by atoms with E-state index in [9.17, 15) is 22.2 Å². The lowest BCUT2D eigenvalue weighted by atomic mass is 9.93. The highest BCUT2D eigenvalue weighted by Gasteiger charge is 2.30. The monoisotopic (exact) mass is 374 g/mol. The van der Waals surface area contributed by atoms with E-state index in [1.807, 2.05) is 20.8 Å². The van der Waals surface area contributed by atoms with E-state index in [4.69, 9.17) is 4.52 Å². The Bertz CT molecular complexity index is 777. The number of nitrogens with zero attached hydrogens (tertiary/aromatic N) is 1. The summed E-state index contributed by atoms with van der Waals surface area (Å²) in [5.74, 6) is -0.207. The summed E-state index contributed by atoms with van der Waals surface area (Å²) < 4.78 is 54.7. The molecule has 9 heteroatoms. The maximum atomic E-state index is 12.5. The van der Waals surface area contributed by atoms with Gasteiger partial charge in [-0.3, -0.25) is 9.00 Å². The number of anilines is 1. The summed E-state index contributed by atoms with van der Waals surface area (Å²) in [7, 11) is -1.77. The van der Waals surface area contributed by atoms with E-state index in [2.05, 4.69) is 10.5 Å². The first-order valence-corrected chi connectivity index (χ1v) is 8.61. The lowest BCUT2D eigenvalue weighted by molar-refractivity contribution is -0.137. The molecule has 0 spiro atoms. The zero-order valence-electron chi connectivity index (χ0n) is 13.8. The van der Waals surface area contributed by atoms with E-state index in [1.165, 1.54) is 0 Å². The van der Waals surface area contributed by atoms with Crippen molar-refractivity contribution in [1.29, 1.82) is 0 Å². The molecule has 2 rings (SSSR count). The first kappa shape index (κ1) is 19.2. The lowest BCUT2D eigenvalue weighted by Gasteiger charge is -2.12. The van der Waals surface area contributed by atoms with Gasteiger partial charge in [-0.15, -0.1) is 0 Å². The molecule has 1 aromatic heterocycles. The van der Waals surface area contributed by atoms with Crippen molar-refractivity contribution in [2.75, 3.05) is 11.1 Å². The molecular formula is C16H17F3N2O3S. The number of carbonyl (C=O) groups excluding carboxylic acids is 1. The van der Waals surface area contributed by atoms with E-state index >= 15 is 0 Å². The van der Waals surface area contributed by atoms with Crippen LogP contribution in [-0.2, 0) is 27.2 Å². The van der Waals surface area contributed by atoms with Crippen LogP contribution >= 0.6 is 0 Å². The molecule has 0 saturated heterocycles. The van der Waals surface area contributed by atoms with Gasteiger partial charge in [0.15, 0.2) is 5.82 Å². The fourth-order valence-electron chi connectivity index (χ4n) is 1.86. The Balaban J connectivity index is 1.98. The molecule has 0 fully saturated rings. The summed E-state index contributed by atoms with van der Waals surface area (Å²) in [5.41, 5.74) is -1.12. The number of benzene rings is 1. The highest BCUT2D eigenvalue weighted by molar-refractivity contribution is 7.85. The zero-order valence-corrected chi connectivity index (χ0v) is 14.6. The second-order valence-electron chi connectivity index (χ2n) is 6.39. The van der Waals surface area contributed by atoms with Crippen LogP contribution in [0.2, 0.25) is 0 Å². The van der Waals surface area contributed by atoms with Crippen molar-refractivity contribution in [2.24, 2.45) is 0 Å². The van der Waals surface area contributed by atoms with Gasteiger partial charge in [-0.2, -0.15) is 13.2 Å². The molecule has 1 heterocycles. The predicted molar refractivity (Wildman–Crippen MR) is 86.6 cm³/mol. The molecule has 5 nitrogen and oxygen atoms in total. The average Bonchev–Trinajstić information content (AvgIpc) is 2.95. The standard InChI is InChI=1S/C16H17F3N2O3S/c1-15(2,3)12-8-13(21-24-12)20-14(22)9-25(23)11-6-4-10(5-7-11)16(17,18)19/h4-8H,9H2,1-3H3,(H,20,21,22). The number of halogens is 3. The quantitative estimate of drug-likeness (QED) is 0.885. The van der Waals surface area contributed by atoms with Gasteiger partial charge in [0.25, 0.3) is 0 Å². The summed E-state index contributed by atoms with van der Waals surface area (Å²) in [6.07, 6.45) is -4.46. The number of nitrogens with one attached hydrogen (secondary N) is 1. The van der Waals surface area contributed by atoms with E-state index < -0.39 is 34.2 Å². The van der Waals surface area contributed by atoms with E-state index in [-0.39, 0.29) is 16.1 Å². The molecule has 0 aliphatic carbocycles. The van der Waals surface area contributed by atoms with Crippen LogP contribution in [0, 0.1) is 0 Å². The number of rotatable bonds is 4. The highest BCUT2D eigenvalue weighted by Crippen LogP contribution is 2.29. The average molecular weight is 374 g/mol. The minimum atomic E-state index is -4.46. The smallest absolute Gasteiger partial charge is 0.359 e. The van der Waals surface area contributed by atoms with Gasteiger partial charge in [-0.1, -0.05) is 25.9 Å². The van der Waals surface area contributed by atoms with E-state index in [1.54, 1.807) is 6.07 Å². The van der Waals surface area contributed by atoms with Crippen LogP contribution in [0.3, 0.4) is 0 Å². The van der Waals surface area contributed by atoms with Crippen LogP contribution in [0.15, 0.2) is 39.8 Å². The Kier molecular flexibility index (Phi) is 5.36. The molecular weight excluding hydrogens is 357 g/mol. The molecule has 0 aliphatic heterocycles. The van der Waals surface area contributed by atoms with Crippen molar-refractivity contribution in [2.45, 2.75) is 37.3 Å². The van der Waals surface area contributed by atoms with Crippen molar-refractivity contribution in [3.8, 4) is 0 Å². The van der Waals surface area contributed by atoms with Crippen LogP contribution in [0.5, 0.6) is 0 Å². The van der Waals surface area contributed by atoms with Crippen molar-refractivity contribution >= 4 is 22.5 Å². The summed E-state index contributed by atoms with van der Waals surface area (Å²) in [6, 6.07) is 5.43. The maximum absolute atomic E-state index is 12.5. The van der Waals surface area contributed by atoms with Gasteiger partial charge in [0.1, 0.15) is 11.5 Å². The first-order valence-electron chi connectivity index (χ1n) is 7.29. The molecule has 1 atom stereocenters. The Morgan fingerprint density at radius 1 is 1.20 bits per heavy atom. The largest absolute Gasteiger partial charge is 0.416 e. The number of amides is 1. The van der Waals surface area contributed by atoms with Gasteiger partial charge in [-0.05, 0) is 24.3 Å². The van der Waals surface area contributed by atoms with Crippen molar-refractivity contribution in [1.82, 2.24) is 5.16 Å². The zero-order chi connectivity index (χ0) is 18.8. The third kappa shape index (κ3) is 5.15. The van der Waals surface area contributed by atoms with Crippen LogP contribution in [0.25, 0.3) is 0 Å². The molecule has 136 valence electrons. The van der Waals surface area contributed by atoms with Crippen LogP contribution in [-0.4, -0.2) is 21.0 Å². The molecule has 1 aromatic carbocycles. The molecule has 0 bridgehead atoms. The SMILES string of the molecule is CC(C)(C)c1cc(NC(=O)CS(=O)c2ccc(C(F)(F)F)cc2)no1. The fraction of sp³-hybridized carbons (Fsp3) is 0.375. The maximum Gasteiger partial charge on any atom is 0.416 e. The molecule has 1 N–H and O–H groups in total. The van der Waals surface area contributed by atoms with Gasteiger partial charge in [0, 0.05) is 16.4 Å². The second-order valence-corrected chi connectivity index (χ2v) is 7.84. The molecule has 0 aliphatic rings. The predicted octanol–water partition coefficient (Wildman–Crippen LogP) is 3.74. The van der Waals surface area contributed by atoms with Crippen LogP contribution in [0.4, 0.5) is 19.0 Å². The third-order valence-electron chi connectivity index (χ3n) is 3.22. The summed E-state index contributed by atoms with van der Waals surface area (Å²) >= 11 is 0. The van der Waals surface area contributed by atoms with Gasteiger partial charge in [-0.25, -0.2) is 0 Å². The minimum Gasteiger partial charge on any atom is -0.359 e. The van der Waals surface area contributed by atoms with E-state index in [0.29, 0.717) is 5.76 Å². The van der Waals surface area contributed by atoms with Gasteiger partial charge in [0.2, 0.25) is 5.91 Å². The van der Waals surface area contributed by atoms with Gasteiger partial charge >= 0.3 is 6.18 Å². The van der Waals surface area contributed by atoms with Gasteiger partial charge < -0.3 is 9.84 Å². The number of hydrogen-bond donors (Lipinski definition) is 1. The first-order chi connectivity index (χ1) is 11.5. The molecule has 0 radical (unpaired) electrons. The fourth-order valence-corrected chi connectivity index (χ4v) is 2.78. The molecule has 0 saturated carbocycles. The Labute approximate surface area is 145 Å². The Hall–Kier alpha value is -2.16. The normalized spacial score (nSPS) is 13.5. The summed E-state index contributed by atoms with van der Waals surface area (Å²) in [4.78, 5) is 12.1. The number of aromatic nitrogens is 1. The molecule has 1 amide bonds. The molecule has 25 heavy (non-hydrogen) atoms. The molecule has 1 unspecified atom stereocenters.